The number of aryl methyl sites for hydroxylation is 2. The van der Waals surface area contributed by atoms with Crippen molar-refractivity contribution in [2.75, 3.05) is 5.32 Å². The first-order valence-corrected chi connectivity index (χ1v) is 9.16. The number of hydrogen-bond acceptors (Lipinski definition) is 7. The van der Waals surface area contributed by atoms with E-state index < -0.39 is 35.8 Å². The van der Waals surface area contributed by atoms with Crippen LogP contribution < -0.4 is 5.32 Å². The maximum Gasteiger partial charge on any atom is 0.329 e. The third-order valence-corrected chi connectivity index (χ3v) is 4.60. The molecule has 0 fully saturated rings. The molecule has 3 rings (SSSR count). The molecule has 0 saturated carbocycles. The van der Waals surface area contributed by atoms with Crippen LogP contribution in [0.1, 0.15) is 52.3 Å². The van der Waals surface area contributed by atoms with Gasteiger partial charge in [0.25, 0.3) is 17.7 Å². The number of ether oxygens (including phenoxy) is 1. The fourth-order valence-electron chi connectivity index (χ4n) is 3.02. The van der Waals surface area contributed by atoms with Crippen LogP contribution in [0, 0.1) is 13.8 Å². The van der Waals surface area contributed by atoms with Crippen molar-refractivity contribution in [3.8, 4) is 0 Å². The van der Waals surface area contributed by atoms with E-state index in [2.05, 4.69) is 10.5 Å². The molecule has 9 heteroatoms. The molecule has 3 amide bonds. The predicted molar refractivity (Wildman–Crippen MR) is 101 cm³/mol. The van der Waals surface area contributed by atoms with Crippen molar-refractivity contribution in [3.63, 3.8) is 0 Å². The second-order valence-electron chi connectivity index (χ2n) is 6.85. The van der Waals surface area contributed by atoms with Crippen molar-refractivity contribution >= 4 is 29.5 Å². The molecule has 29 heavy (non-hydrogen) atoms. The van der Waals surface area contributed by atoms with E-state index in [9.17, 15) is 19.2 Å². The number of fused-ring (bicyclic) bond motifs is 1. The summed E-state index contributed by atoms with van der Waals surface area (Å²) in [7, 11) is 0. The number of benzene rings is 1. The lowest BCUT2D eigenvalue weighted by Gasteiger charge is -2.23. The average Bonchev–Trinajstić information content (AvgIpc) is 3.19. The van der Waals surface area contributed by atoms with Gasteiger partial charge in [-0.05, 0) is 39.3 Å². The number of carbonyl (C=O) groups is 4. The van der Waals surface area contributed by atoms with Crippen LogP contribution in [0.4, 0.5) is 5.82 Å². The molecule has 1 N–H and O–H groups in total. The SMILES string of the molecule is CCC(OC(=O)C(C)N1C(=O)c2ccc(C)cc2C1=O)C(=O)Nc1cc(C)on1. The van der Waals surface area contributed by atoms with Crippen LogP contribution in [0.2, 0.25) is 0 Å². The number of amides is 3. The van der Waals surface area contributed by atoms with Crippen molar-refractivity contribution in [2.45, 2.75) is 46.3 Å². The van der Waals surface area contributed by atoms with Gasteiger partial charge < -0.3 is 14.6 Å². The molecule has 0 aliphatic carbocycles. The predicted octanol–water partition coefficient (Wildman–Crippen LogP) is 2.24. The summed E-state index contributed by atoms with van der Waals surface area (Å²) in [6.07, 6.45) is -0.915. The van der Waals surface area contributed by atoms with Crippen LogP contribution >= 0.6 is 0 Å². The molecule has 1 aromatic heterocycles. The zero-order chi connectivity index (χ0) is 21.3. The standard InChI is InChI=1S/C20H21N3O6/c1-5-15(17(24)21-16-9-11(3)29-22-16)28-20(27)12(4)23-18(25)13-7-6-10(2)8-14(13)19(23)26/h6-9,12,15H,5H2,1-4H3,(H,21,22,24). The van der Waals surface area contributed by atoms with Crippen molar-refractivity contribution in [1.82, 2.24) is 10.1 Å². The number of nitrogens with one attached hydrogen (secondary N) is 1. The van der Waals surface area contributed by atoms with E-state index in [0.717, 1.165) is 10.5 Å². The summed E-state index contributed by atoms with van der Waals surface area (Å²) in [6, 6.07) is 5.23. The van der Waals surface area contributed by atoms with Crippen LogP contribution in [-0.2, 0) is 14.3 Å². The van der Waals surface area contributed by atoms with E-state index in [0.29, 0.717) is 5.76 Å². The molecule has 152 valence electrons. The number of anilines is 1. The van der Waals surface area contributed by atoms with Gasteiger partial charge in [0, 0.05) is 6.07 Å². The van der Waals surface area contributed by atoms with Gasteiger partial charge in [-0.15, -0.1) is 0 Å². The van der Waals surface area contributed by atoms with Gasteiger partial charge in [-0.25, -0.2) is 4.79 Å². The highest BCUT2D eigenvalue weighted by Gasteiger charge is 2.42. The highest BCUT2D eigenvalue weighted by atomic mass is 16.5. The summed E-state index contributed by atoms with van der Waals surface area (Å²) >= 11 is 0. The number of nitrogens with zero attached hydrogens (tertiary/aromatic N) is 2. The summed E-state index contributed by atoms with van der Waals surface area (Å²) < 4.78 is 10.2. The van der Waals surface area contributed by atoms with Gasteiger partial charge in [-0.3, -0.25) is 19.3 Å². The van der Waals surface area contributed by atoms with E-state index in [4.69, 9.17) is 9.26 Å². The third-order valence-electron chi connectivity index (χ3n) is 4.60. The van der Waals surface area contributed by atoms with Gasteiger partial charge in [-0.2, -0.15) is 0 Å². The Kier molecular flexibility index (Phi) is 5.49. The molecule has 0 saturated heterocycles. The molecule has 2 aromatic rings. The van der Waals surface area contributed by atoms with Gasteiger partial charge in [0.2, 0.25) is 0 Å². The summed E-state index contributed by atoms with van der Waals surface area (Å²) in [6.45, 7) is 6.54. The van der Waals surface area contributed by atoms with Gasteiger partial charge in [0.1, 0.15) is 11.8 Å². The minimum absolute atomic E-state index is 0.197. The number of imide groups is 1. The highest BCUT2D eigenvalue weighted by molar-refractivity contribution is 6.22. The molecule has 1 aliphatic rings. The monoisotopic (exact) mass is 399 g/mol. The second kappa shape index (κ2) is 7.86. The van der Waals surface area contributed by atoms with Gasteiger partial charge >= 0.3 is 5.97 Å². The van der Waals surface area contributed by atoms with E-state index in [1.54, 1.807) is 39.0 Å². The molecule has 1 aliphatic heterocycles. The Balaban J connectivity index is 1.70. The Morgan fingerprint density at radius 1 is 1.17 bits per heavy atom. The Morgan fingerprint density at radius 3 is 2.48 bits per heavy atom. The zero-order valence-electron chi connectivity index (χ0n) is 16.5. The summed E-state index contributed by atoms with van der Waals surface area (Å²) in [4.78, 5) is 51.0. The lowest BCUT2D eigenvalue weighted by molar-refractivity contribution is -0.157. The normalized spacial score (nSPS) is 15.1. The average molecular weight is 399 g/mol. The molecule has 1 aromatic carbocycles. The van der Waals surface area contributed by atoms with Crippen molar-refractivity contribution in [2.24, 2.45) is 0 Å². The number of carbonyl (C=O) groups excluding carboxylic acids is 4. The minimum atomic E-state index is -1.18. The number of esters is 1. The quantitative estimate of drug-likeness (QED) is 0.584. The van der Waals surface area contributed by atoms with Crippen LogP contribution in [0.25, 0.3) is 0 Å². The van der Waals surface area contributed by atoms with E-state index in [-0.39, 0.29) is 23.4 Å². The van der Waals surface area contributed by atoms with Crippen molar-refractivity contribution in [1.29, 1.82) is 0 Å². The van der Waals surface area contributed by atoms with Crippen LogP contribution in [0.15, 0.2) is 28.8 Å². The van der Waals surface area contributed by atoms with E-state index in [1.165, 1.54) is 13.0 Å². The maximum atomic E-state index is 12.6. The first kappa shape index (κ1) is 20.2. The summed E-state index contributed by atoms with van der Waals surface area (Å²) in [5.41, 5.74) is 1.32. The largest absolute Gasteiger partial charge is 0.451 e. The lowest BCUT2D eigenvalue weighted by atomic mass is 10.1. The molecule has 0 bridgehead atoms. The summed E-state index contributed by atoms with van der Waals surface area (Å²) in [5.74, 6) is -1.85. The highest BCUT2D eigenvalue weighted by Crippen LogP contribution is 2.26. The Labute approximate surface area is 167 Å². The molecule has 2 unspecified atom stereocenters. The fourth-order valence-corrected chi connectivity index (χ4v) is 3.02. The van der Waals surface area contributed by atoms with E-state index >= 15 is 0 Å². The number of rotatable bonds is 6. The molecular formula is C20H21N3O6. The fraction of sp³-hybridized carbons (Fsp3) is 0.350. The van der Waals surface area contributed by atoms with Gasteiger partial charge in [0.15, 0.2) is 11.9 Å². The molecule has 9 nitrogen and oxygen atoms in total. The lowest BCUT2D eigenvalue weighted by Crippen LogP contribution is -2.45. The van der Waals surface area contributed by atoms with Crippen LogP contribution in [0.5, 0.6) is 0 Å². The summed E-state index contributed by atoms with van der Waals surface area (Å²) in [5, 5.41) is 6.15. The molecule has 0 radical (unpaired) electrons. The molecular weight excluding hydrogens is 378 g/mol. The van der Waals surface area contributed by atoms with Gasteiger partial charge in [0.05, 0.1) is 11.1 Å². The third kappa shape index (κ3) is 3.89. The Morgan fingerprint density at radius 2 is 1.86 bits per heavy atom. The smallest absolute Gasteiger partial charge is 0.329 e. The Bertz CT molecular complexity index is 996. The minimum Gasteiger partial charge on any atom is -0.451 e. The number of aromatic nitrogens is 1. The number of hydrogen-bond donors (Lipinski definition) is 1. The van der Waals surface area contributed by atoms with Gasteiger partial charge in [-0.1, -0.05) is 23.7 Å². The van der Waals surface area contributed by atoms with Crippen LogP contribution in [0.3, 0.4) is 0 Å². The Hall–Kier alpha value is -3.49. The molecule has 2 atom stereocenters. The topological polar surface area (TPSA) is 119 Å². The van der Waals surface area contributed by atoms with Crippen molar-refractivity contribution < 1.29 is 28.4 Å². The van der Waals surface area contributed by atoms with Crippen LogP contribution in [-0.4, -0.2) is 45.9 Å². The van der Waals surface area contributed by atoms with E-state index in [1.807, 2.05) is 0 Å². The van der Waals surface area contributed by atoms with Crippen molar-refractivity contribution in [3.05, 3.63) is 46.7 Å². The maximum absolute atomic E-state index is 12.6. The molecule has 0 spiro atoms. The molecule has 2 heterocycles. The zero-order valence-corrected chi connectivity index (χ0v) is 16.5. The second-order valence-corrected chi connectivity index (χ2v) is 6.85. The first-order chi connectivity index (χ1) is 13.7. The first-order valence-electron chi connectivity index (χ1n) is 9.16.